The first-order chi connectivity index (χ1) is 13.5. The van der Waals surface area contributed by atoms with E-state index in [1.54, 1.807) is 0 Å². The Balaban J connectivity index is 0.000000161. The molecule has 1 amide bonds. The first-order valence-electron chi connectivity index (χ1n) is 10.2. The number of carbonyl (C=O) groups is 2. The maximum Gasteiger partial charge on any atom is 0.306 e. The van der Waals surface area contributed by atoms with Gasteiger partial charge in [-0.15, -0.1) is 0 Å². The average Bonchev–Trinajstić information content (AvgIpc) is 3.40. The summed E-state index contributed by atoms with van der Waals surface area (Å²) in [6.07, 6.45) is 5.63. The Kier molecular flexibility index (Phi) is 6.85. The Labute approximate surface area is 166 Å². The molecule has 2 saturated carbocycles. The number of benzene rings is 2. The molecule has 0 aromatic heterocycles. The Morgan fingerprint density at radius 1 is 0.714 bits per heavy atom. The molecule has 4 atom stereocenters. The Morgan fingerprint density at radius 2 is 1.14 bits per heavy atom. The molecule has 3 N–H and O–H groups in total. The van der Waals surface area contributed by atoms with Crippen molar-refractivity contribution in [3.05, 3.63) is 71.8 Å². The quantitative estimate of drug-likeness (QED) is 0.807. The lowest BCUT2D eigenvalue weighted by molar-refractivity contribution is -0.141. The van der Waals surface area contributed by atoms with E-state index >= 15 is 0 Å². The summed E-state index contributed by atoms with van der Waals surface area (Å²) in [5.41, 5.74) is 7.93. The Hall–Kier alpha value is -2.62. The summed E-state index contributed by atoms with van der Waals surface area (Å²) in [6.45, 7) is 0. The number of primary amides is 1. The van der Waals surface area contributed by atoms with Crippen LogP contribution in [0.2, 0.25) is 0 Å². The minimum atomic E-state index is -0.636. The van der Waals surface area contributed by atoms with Crippen molar-refractivity contribution in [2.45, 2.75) is 50.4 Å². The zero-order chi connectivity index (χ0) is 19.9. The molecule has 4 heteroatoms. The van der Waals surface area contributed by atoms with Crippen LogP contribution in [0.15, 0.2) is 60.7 Å². The summed E-state index contributed by atoms with van der Waals surface area (Å²) in [6, 6.07) is 20.6. The Bertz CT molecular complexity index is 707. The van der Waals surface area contributed by atoms with Crippen molar-refractivity contribution in [2.24, 2.45) is 17.6 Å². The zero-order valence-corrected chi connectivity index (χ0v) is 16.2. The number of carboxylic acids is 1. The lowest BCUT2D eigenvalue weighted by Gasteiger charge is -2.09. The first-order valence-corrected chi connectivity index (χ1v) is 10.2. The molecule has 2 aromatic rings. The van der Waals surface area contributed by atoms with Crippen LogP contribution in [0.3, 0.4) is 0 Å². The third kappa shape index (κ3) is 5.22. The molecule has 4 unspecified atom stereocenters. The van der Waals surface area contributed by atoms with E-state index in [2.05, 4.69) is 24.3 Å². The monoisotopic (exact) mass is 379 g/mol. The van der Waals surface area contributed by atoms with Crippen molar-refractivity contribution in [1.82, 2.24) is 0 Å². The van der Waals surface area contributed by atoms with Crippen LogP contribution in [0, 0.1) is 11.8 Å². The number of amides is 1. The molecule has 4 nitrogen and oxygen atoms in total. The summed E-state index contributed by atoms with van der Waals surface area (Å²) in [7, 11) is 0. The molecule has 0 saturated heterocycles. The van der Waals surface area contributed by atoms with Crippen molar-refractivity contribution < 1.29 is 14.7 Å². The Morgan fingerprint density at radius 3 is 1.50 bits per heavy atom. The molecule has 2 aromatic carbocycles. The maximum atomic E-state index is 11.0. The van der Waals surface area contributed by atoms with Crippen LogP contribution in [0.1, 0.15) is 61.5 Å². The molecule has 0 heterocycles. The highest BCUT2D eigenvalue weighted by molar-refractivity contribution is 5.77. The maximum absolute atomic E-state index is 11.0. The van der Waals surface area contributed by atoms with Gasteiger partial charge in [-0.2, -0.15) is 0 Å². The molecular weight excluding hydrogens is 350 g/mol. The van der Waals surface area contributed by atoms with E-state index < -0.39 is 5.97 Å². The van der Waals surface area contributed by atoms with Crippen molar-refractivity contribution in [3.8, 4) is 0 Å². The number of aliphatic carboxylic acids is 1. The molecule has 28 heavy (non-hydrogen) atoms. The van der Waals surface area contributed by atoms with Gasteiger partial charge in [0.25, 0.3) is 0 Å². The highest BCUT2D eigenvalue weighted by Gasteiger charge is 2.30. The van der Waals surface area contributed by atoms with Gasteiger partial charge in [0.15, 0.2) is 0 Å². The number of rotatable bonds is 4. The van der Waals surface area contributed by atoms with Crippen molar-refractivity contribution in [2.75, 3.05) is 0 Å². The summed E-state index contributed by atoms with van der Waals surface area (Å²) in [4.78, 5) is 21.8. The van der Waals surface area contributed by atoms with Crippen LogP contribution in [0.5, 0.6) is 0 Å². The normalized spacial score (nSPS) is 26.3. The minimum Gasteiger partial charge on any atom is -0.481 e. The minimum absolute atomic E-state index is 0.0974. The second kappa shape index (κ2) is 9.54. The van der Waals surface area contributed by atoms with Crippen LogP contribution in [-0.4, -0.2) is 17.0 Å². The van der Waals surface area contributed by atoms with Gasteiger partial charge in [-0.1, -0.05) is 60.7 Å². The van der Waals surface area contributed by atoms with E-state index in [4.69, 9.17) is 10.8 Å². The van der Waals surface area contributed by atoms with Gasteiger partial charge in [-0.3, -0.25) is 9.59 Å². The van der Waals surface area contributed by atoms with Crippen LogP contribution in [0.4, 0.5) is 0 Å². The van der Waals surface area contributed by atoms with Gasteiger partial charge in [0.05, 0.1) is 5.92 Å². The van der Waals surface area contributed by atoms with E-state index in [0.717, 1.165) is 38.5 Å². The zero-order valence-electron chi connectivity index (χ0n) is 16.2. The predicted octanol–water partition coefficient (Wildman–Crippen LogP) is 4.71. The molecule has 0 bridgehead atoms. The molecule has 0 radical (unpaired) electrons. The average molecular weight is 380 g/mol. The summed E-state index contributed by atoms with van der Waals surface area (Å²) in [5, 5.41) is 8.88. The van der Waals surface area contributed by atoms with Gasteiger partial charge in [0.2, 0.25) is 5.91 Å². The van der Waals surface area contributed by atoms with Gasteiger partial charge in [-0.05, 0) is 61.5 Å². The number of carboxylic acid groups (broad SMARTS) is 1. The van der Waals surface area contributed by atoms with Crippen molar-refractivity contribution >= 4 is 11.9 Å². The smallest absolute Gasteiger partial charge is 0.306 e. The lowest BCUT2D eigenvalue weighted by atomic mass is 9.96. The van der Waals surface area contributed by atoms with E-state index in [0.29, 0.717) is 11.8 Å². The number of nitrogens with two attached hydrogens (primary N) is 1. The second-order valence-electron chi connectivity index (χ2n) is 7.98. The number of hydrogen-bond acceptors (Lipinski definition) is 2. The van der Waals surface area contributed by atoms with Crippen LogP contribution >= 0.6 is 0 Å². The van der Waals surface area contributed by atoms with Gasteiger partial charge in [-0.25, -0.2) is 0 Å². The fourth-order valence-electron chi connectivity index (χ4n) is 4.50. The van der Waals surface area contributed by atoms with Gasteiger partial charge in [0, 0.05) is 5.92 Å². The molecule has 2 aliphatic carbocycles. The third-order valence-electron chi connectivity index (χ3n) is 6.16. The van der Waals surface area contributed by atoms with E-state index in [1.807, 2.05) is 36.4 Å². The van der Waals surface area contributed by atoms with Crippen LogP contribution < -0.4 is 5.73 Å². The predicted molar refractivity (Wildman–Crippen MR) is 110 cm³/mol. The molecule has 0 spiro atoms. The topological polar surface area (TPSA) is 80.4 Å². The largest absolute Gasteiger partial charge is 0.481 e. The highest BCUT2D eigenvalue weighted by atomic mass is 16.4. The summed E-state index contributed by atoms with van der Waals surface area (Å²) >= 11 is 0. The SMILES string of the molecule is NC(=O)C1CCC(c2ccccc2)C1.O=C(O)C1CCC(c2ccccc2)C1. The molecule has 2 fully saturated rings. The fraction of sp³-hybridized carbons (Fsp3) is 0.417. The second-order valence-corrected chi connectivity index (χ2v) is 7.98. The van der Waals surface area contributed by atoms with Crippen LogP contribution in [-0.2, 0) is 9.59 Å². The van der Waals surface area contributed by atoms with E-state index in [9.17, 15) is 9.59 Å². The molecule has 2 aliphatic rings. The molecular formula is C24H29NO3. The standard InChI is InChI=1S/C12H15NO.C12H14O2/c2*13-12(14)11-7-6-10(8-11)9-4-2-1-3-5-9/h1-5,10-11H,6-8H2,(H2,13,14);1-5,10-11H,6-8H2,(H,13,14). The number of carbonyl (C=O) groups excluding carboxylic acids is 1. The first kappa shape index (κ1) is 20.1. The van der Waals surface area contributed by atoms with Gasteiger partial charge in [0.1, 0.15) is 0 Å². The van der Waals surface area contributed by atoms with Gasteiger partial charge >= 0.3 is 5.97 Å². The van der Waals surface area contributed by atoms with Crippen molar-refractivity contribution in [1.29, 1.82) is 0 Å². The van der Waals surface area contributed by atoms with Gasteiger partial charge < -0.3 is 10.8 Å². The van der Waals surface area contributed by atoms with Crippen LogP contribution in [0.25, 0.3) is 0 Å². The fourth-order valence-corrected chi connectivity index (χ4v) is 4.50. The molecule has 4 rings (SSSR count). The van der Waals surface area contributed by atoms with Crippen molar-refractivity contribution in [3.63, 3.8) is 0 Å². The van der Waals surface area contributed by atoms with E-state index in [-0.39, 0.29) is 17.7 Å². The lowest BCUT2D eigenvalue weighted by Crippen LogP contribution is -2.20. The molecule has 0 aliphatic heterocycles. The summed E-state index contributed by atoms with van der Waals surface area (Å²) < 4.78 is 0. The summed E-state index contributed by atoms with van der Waals surface area (Å²) in [5.74, 6) is 0.193. The highest BCUT2D eigenvalue weighted by Crippen LogP contribution is 2.38. The molecule has 148 valence electrons. The van der Waals surface area contributed by atoms with E-state index in [1.165, 1.54) is 11.1 Å². The third-order valence-corrected chi connectivity index (χ3v) is 6.16. The number of hydrogen-bond donors (Lipinski definition) is 2.